The van der Waals surface area contributed by atoms with Crippen LogP contribution in [0, 0.1) is 6.07 Å². The maximum Gasteiger partial charge on any atom is 0.0603 e. The van der Waals surface area contributed by atoms with Gasteiger partial charge in [0.2, 0.25) is 0 Å². The maximum atomic E-state index is 9.51. The van der Waals surface area contributed by atoms with Gasteiger partial charge in [-0.15, -0.1) is 0 Å². The van der Waals surface area contributed by atoms with Crippen LogP contribution in [0.1, 0.15) is 26.3 Å². The van der Waals surface area contributed by atoms with Crippen LogP contribution in [-0.2, 0) is 5.41 Å². The van der Waals surface area contributed by atoms with Gasteiger partial charge in [0.25, 0.3) is 0 Å². The summed E-state index contributed by atoms with van der Waals surface area (Å²) in [5.41, 5.74) is 0.848. The van der Waals surface area contributed by atoms with Gasteiger partial charge in [0.05, 0.1) is 6.10 Å². The first-order valence-electron chi connectivity index (χ1n) is 4.20. The molecule has 0 saturated heterocycles. The van der Waals surface area contributed by atoms with Crippen LogP contribution in [0.2, 0.25) is 0 Å². The fourth-order valence-electron chi connectivity index (χ4n) is 1.02. The lowest BCUT2D eigenvalue weighted by Crippen LogP contribution is -2.30. The van der Waals surface area contributed by atoms with E-state index in [1.54, 1.807) is 6.92 Å². The molecule has 1 unspecified atom stereocenters. The highest BCUT2D eigenvalue weighted by molar-refractivity contribution is 5.23. The second kappa shape index (κ2) is 3.28. The second-order valence-electron chi connectivity index (χ2n) is 3.67. The van der Waals surface area contributed by atoms with Crippen molar-refractivity contribution in [1.29, 1.82) is 0 Å². The number of benzene rings is 1. The molecule has 0 spiro atoms. The van der Waals surface area contributed by atoms with Crippen molar-refractivity contribution in [2.75, 3.05) is 0 Å². The summed E-state index contributed by atoms with van der Waals surface area (Å²) in [5.74, 6) is 0. The van der Waals surface area contributed by atoms with Gasteiger partial charge in [-0.1, -0.05) is 38.1 Å². The fourth-order valence-corrected chi connectivity index (χ4v) is 1.02. The van der Waals surface area contributed by atoms with Gasteiger partial charge < -0.3 is 5.11 Å². The SMILES string of the molecule is CC(O)C(C)(C)c1[c]cccc1. The van der Waals surface area contributed by atoms with E-state index in [0.717, 1.165) is 5.56 Å². The fraction of sp³-hybridized carbons (Fsp3) is 0.455. The third-order valence-corrected chi connectivity index (χ3v) is 2.45. The van der Waals surface area contributed by atoms with Crippen LogP contribution in [0.15, 0.2) is 24.3 Å². The van der Waals surface area contributed by atoms with Crippen molar-refractivity contribution < 1.29 is 5.11 Å². The van der Waals surface area contributed by atoms with Crippen LogP contribution in [0.25, 0.3) is 0 Å². The van der Waals surface area contributed by atoms with Gasteiger partial charge in [0.1, 0.15) is 0 Å². The minimum Gasteiger partial charge on any atom is -0.393 e. The van der Waals surface area contributed by atoms with E-state index in [1.807, 2.05) is 38.1 Å². The van der Waals surface area contributed by atoms with Crippen LogP contribution in [0.5, 0.6) is 0 Å². The van der Waals surface area contributed by atoms with E-state index in [9.17, 15) is 5.11 Å². The lowest BCUT2D eigenvalue weighted by Gasteiger charge is -2.28. The largest absolute Gasteiger partial charge is 0.393 e. The Balaban J connectivity index is 2.98. The molecule has 1 aromatic rings. The highest BCUT2D eigenvalue weighted by Gasteiger charge is 2.25. The smallest absolute Gasteiger partial charge is 0.0603 e. The second-order valence-corrected chi connectivity index (χ2v) is 3.67. The molecule has 0 bridgehead atoms. The van der Waals surface area contributed by atoms with Crippen molar-refractivity contribution >= 4 is 0 Å². The Labute approximate surface area is 74.1 Å². The molecule has 0 aliphatic rings. The van der Waals surface area contributed by atoms with Crippen molar-refractivity contribution in [2.24, 2.45) is 0 Å². The predicted molar refractivity (Wildman–Crippen MR) is 50.0 cm³/mol. The molecule has 0 heterocycles. The van der Waals surface area contributed by atoms with Crippen LogP contribution < -0.4 is 0 Å². The molecule has 1 atom stereocenters. The minimum absolute atomic E-state index is 0.207. The maximum absolute atomic E-state index is 9.51. The normalized spacial score (nSPS) is 14.3. The van der Waals surface area contributed by atoms with E-state index < -0.39 is 0 Å². The van der Waals surface area contributed by atoms with Crippen LogP contribution in [-0.4, -0.2) is 11.2 Å². The van der Waals surface area contributed by atoms with Crippen molar-refractivity contribution in [3.8, 4) is 0 Å². The Morgan fingerprint density at radius 3 is 2.50 bits per heavy atom. The van der Waals surface area contributed by atoms with E-state index in [4.69, 9.17) is 0 Å². The van der Waals surface area contributed by atoms with Crippen molar-refractivity contribution in [3.05, 3.63) is 35.9 Å². The van der Waals surface area contributed by atoms with Gasteiger partial charge in [-0.25, -0.2) is 0 Å². The highest BCUT2D eigenvalue weighted by Crippen LogP contribution is 2.25. The number of aliphatic hydroxyl groups excluding tert-OH is 1. The van der Waals surface area contributed by atoms with Gasteiger partial charge in [0, 0.05) is 5.41 Å². The van der Waals surface area contributed by atoms with E-state index in [0.29, 0.717) is 0 Å². The summed E-state index contributed by atoms with van der Waals surface area (Å²) in [4.78, 5) is 0. The molecule has 1 aromatic carbocycles. The summed E-state index contributed by atoms with van der Waals surface area (Å²) in [6.07, 6.45) is -0.351. The average Bonchev–Trinajstić information content (AvgIpc) is 2.06. The van der Waals surface area contributed by atoms with Crippen LogP contribution >= 0.6 is 0 Å². The van der Waals surface area contributed by atoms with Gasteiger partial charge in [-0.05, 0) is 18.6 Å². The topological polar surface area (TPSA) is 20.2 Å². The Morgan fingerprint density at radius 1 is 1.42 bits per heavy atom. The molecule has 1 heteroatoms. The molecule has 0 amide bonds. The summed E-state index contributed by atoms with van der Waals surface area (Å²) in [7, 11) is 0. The minimum atomic E-state index is -0.351. The average molecular weight is 163 g/mol. The molecule has 65 valence electrons. The molecule has 12 heavy (non-hydrogen) atoms. The molecular formula is C11H15O. The van der Waals surface area contributed by atoms with Crippen LogP contribution in [0.3, 0.4) is 0 Å². The Hall–Kier alpha value is -0.820. The Morgan fingerprint density at radius 2 is 2.08 bits per heavy atom. The van der Waals surface area contributed by atoms with E-state index >= 15 is 0 Å². The summed E-state index contributed by atoms with van der Waals surface area (Å²) in [6, 6.07) is 10.9. The molecule has 1 rings (SSSR count). The zero-order valence-corrected chi connectivity index (χ0v) is 7.83. The molecule has 1 radical (unpaired) electrons. The summed E-state index contributed by atoms with van der Waals surface area (Å²) < 4.78 is 0. The molecular weight excluding hydrogens is 148 g/mol. The standard InChI is InChI=1S/C11H15O/c1-9(12)11(2,3)10-7-5-4-6-8-10/h4-7,9,12H,1-3H3. The third-order valence-electron chi connectivity index (χ3n) is 2.45. The quantitative estimate of drug-likeness (QED) is 0.708. The van der Waals surface area contributed by atoms with Crippen LogP contribution in [0.4, 0.5) is 0 Å². The number of aliphatic hydroxyl groups is 1. The molecule has 0 aliphatic carbocycles. The zero-order chi connectivity index (χ0) is 9.19. The monoisotopic (exact) mass is 163 g/mol. The number of hydrogen-bond donors (Lipinski definition) is 1. The summed E-state index contributed by atoms with van der Waals surface area (Å²) in [6.45, 7) is 5.84. The first-order chi connectivity index (χ1) is 5.55. The van der Waals surface area contributed by atoms with Gasteiger partial charge in [-0.2, -0.15) is 0 Å². The Kier molecular flexibility index (Phi) is 2.53. The van der Waals surface area contributed by atoms with Crippen molar-refractivity contribution in [1.82, 2.24) is 0 Å². The summed E-state index contributed by atoms with van der Waals surface area (Å²) >= 11 is 0. The molecule has 0 fully saturated rings. The Bertz CT molecular complexity index is 236. The molecule has 0 saturated carbocycles. The first kappa shape index (κ1) is 9.27. The lowest BCUT2D eigenvalue weighted by molar-refractivity contribution is 0.118. The van der Waals surface area contributed by atoms with Crippen molar-refractivity contribution in [3.63, 3.8) is 0 Å². The van der Waals surface area contributed by atoms with Crippen molar-refractivity contribution in [2.45, 2.75) is 32.3 Å². The highest BCUT2D eigenvalue weighted by atomic mass is 16.3. The van der Waals surface area contributed by atoms with Gasteiger partial charge >= 0.3 is 0 Å². The first-order valence-corrected chi connectivity index (χ1v) is 4.20. The third kappa shape index (κ3) is 1.67. The number of rotatable bonds is 2. The lowest BCUT2D eigenvalue weighted by atomic mass is 9.80. The van der Waals surface area contributed by atoms with Gasteiger partial charge in [-0.3, -0.25) is 0 Å². The van der Waals surface area contributed by atoms with E-state index in [2.05, 4.69) is 6.07 Å². The van der Waals surface area contributed by atoms with Gasteiger partial charge in [0.15, 0.2) is 0 Å². The van der Waals surface area contributed by atoms with E-state index in [1.165, 1.54) is 0 Å². The molecule has 0 aromatic heterocycles. The van der Waals surface area contributed by atoms with E-state index in [-0.39, 0.29) is 11.5 Å². The molecule has 0 aliphatic heterocycles. The molecule has 1 N–H and O–H groups in total. The zero-order valence-electron chi connectivity index (χ0n) is 7.83. The predicted octanol–water partition coefficient (Wildman–Crippen LogP) is 2.15. The number of hydrogen-bond acceptors (Lipinski definition) is 1. The summed E-state index contributed by atoms with van der Waals surface area (Å²) in [5, 5.41) is 9.51. The molecule has 1 nitrogen and oxygen atoms in total.